The van der Waals surface area contributed by atoms with Gasteiger partial charge in [-0.1, -0.05) is 23.7 Å². The highest BCUT2D eigenvalue weighted by Crippen LogP contribution is 2.40. The largest absolute Gasteiger partial charge is 0.455 e. The van der Waals surface area contributed by atoms with Crippen molar-refractivity contribution in [2.75, 3.05) is 0 Å². The van der Waals surface area contributed by atoms with Crippen LogP contribution in [0.15, 0.2) is 36.4 Å². The van der Waals surface area contributed by atoms with E-state index in [4.69, 9.17) is 22.1 Å². The first kappa shape index (κ1) is 15.7. The second-order valence-electron chi connectivity index (χ2n) is 4.57. The number of aryl methyl sites for hydroxylation is 1. The summed E-state index contributed by atoms with van der Waals surface area (Å²) in [6.07, 6.45) is -4.53. The maximum atomic E-state index is 13.1. The van der Waals surface area contributed by atoms with Gasteiger partial charge in [0.2, 0.25) is 0 Å². The highest BCUT2D eigenvalue weighted by atomic mass is 35.5. The molecule has 112 valence electrons. The summed E-state index contributed by atoms with van der Waals surface area (Å²) in [6.45, 7) is 1.85. The Kier molecular flexibility index (Phi) is 4.44. The van der Waals surface area contributed by atoms with Gasteiger partial charge in [-0.15, -0.1) is 0 Å². The van der Waals surface area contributed by atoms with E-state index in [1.165, 1.54) is 18.2 Å². The van der Waals surface area contributed by atoms with E-state index in [2.05, 4.69) is 0 Å². The number of rotatable bonds is 3. The Balaban J connectivity index is 2.44. The number of nitrogens with two attached hydrogens (primary N) is 1. The Hall–Kier alpha value is -1.72. The number of hydrogen-bond donors (Lipinski definition) is 1. The van der Waals surface area contributed by atoms with Crippen molar-refractivity contribution in [3.8, 4) is 11.5 Å². The van der Waals surface area contributed by atoms with Crippen LogP contribution in [0.4, 0.5) is 13.2 Å². The lowest BCUT2D eigenvalue weighted by molar-refractivity contribution is -0.138. The van der Waals surface area contributed by atoms with Crippen LogP contribution < -0.4 is 10.5 Å². The van der Waals surface area contributed by atoms with E-state index in [1.54, 1.807) is 12.1 Å². The monoisotopic (exact) mass is 315 g/mol. The van der Waals surface area contributed by atoms with Gasteiger partial charge < -0.3 is 10.5 Å². The quantitative estimate of drug-likeness (QED) is 0.872. The van der Waals surface area contributed by atoms with Gasteiger partial charge in [0.1, 0.15) is 11.5 Å². The zero-order valence-corrected chi connectivity index (χ0v) is 11.9. The molecule has 2 nitrogen and oxygen atoms in total. The van der Waals surface area contributed by atoms with E-state index < -0.39 is 11.7 Å². The molecule has 21 heavy (non-hydrogen) atoms. The molecule has 2 rings (SSSR count). The minimum Gasteiger partial charge on any atom is -0.455 e. The smallest absolute Gasteiger partial charge is 0.419 e. The summed E-state index contributed by atoms with van der Waals surface area (Å²) in [4.78, 5) is 0. The molecular formula is C15H13ClF3NO. The molecule has 0 heterocycles. The molecule has 0 bridgehead atoms. The van der Waals surface area contributed by atoms with Crippen molar-refractivity contribution in [2.24, 2.45) is 5.73 Å². The van der Waals surface area contributed by atoms with Crippen LogP contribution in [0.2, 0.25) is 5.02 Å². The highest BCUT2D eigenvalue weighted by Gasteiger charge is 2.35. The van der Waals surface area contributed by atoms with Crippen LogP contribution in [0.1, 0.15) is 16.7 Å². The molecule has 0 spiro atoms. The average Bonchev–Trinajstić information content (AvgIpc) is 2.41. The van der Waals surface area contributed by atoms with E-state index >= 15 is 0 Å². The zero-order valence-electron chi connectivity index (χ0n) is 11.2. The molecule has 2 N–H and O–H groups in total. The van der Waals surface area contributed by atoms with Crippen LogP contribution in [-0.4, -0.2) is 0 Å². The predicted octanol–water partition coefficient (Wildman–Crippen LogP) is 4.92. The standard InChI is InChI=1S/C15H13ClF3NO/c1-9-2-4-14(12(16)6-9)21-13-5-3-10(8-20)7-11(13)15(17,18)19/h2-7H,8,20H2,1H3. The molecule has 2 aromatic carbocycles. The second-order valence-corrected chi connectivity index (χ2v) is 4.98. The van der Waals surface area contributed by atoms with Crippen LogP contribution in [0.3, 0.4) is 0 Å². The normalized spacial score (nSPS) is 11.5. The maximum Gasteiger partial charge on any atom is 0.419 e. The van der Waals surface area contributed by atoms with Crippen molar-refractivity contribution in [3.63, 3.8) is 0 Å². The van der Waals surface area contributed by atoms with Gasteiger partial charge in [-0.05, 0) is 42.3 Å². The Morgan fingerprint density at radius 3 is 2.33 bits per heavy atom. The molecule has 0 aliphatic carbocycles. The Morgan fingerprint density at radius 2 is 1.76 bits per heavy atom. The Labute approximate surface area is 125 Å². The fourth-order valence-electron chi connectivity index (χ4n) is 1.82. The van der Waals surface area contributed by atoms with Gasteiger partial charge in [0, 0.05) is 6.54 Å². The molecule has 0 radical (unpaired) electrons. The van der Waals surface area contributed by atoms with Gasteiger partial charge in [0.25, 0.3) is 0 Å². The molecule has 6 heteroatoms. The van der Waals surface area contributed by atoms with Gasteiger partial charge >= 0.3 is 6.18 Å². The van der Waals surface area contributed by atoms with Crippen molar-refractivity contribution >= 4 is 11.6 Å². The zero-order chi connectivity index (χ0) is 15.6. The van der Waals surface area contributed by atoms with E-state index in [9.17, 15) is 13.2 Å². The summed E-state index contributed by atoms with van der Waals surface area (Å²) in [5, 5.41) is 0.256. The lowest BCUT2D eigenvalue weighted by Crippen LogP contribution is -2.09. The molecule has 0 saturated heterocycles. The Morgan fingerprint density at radius 1 is 1.10 bits per heavy atom. The summed E-state index contributed by atoms with van der Waals surface area (Å²) < 4.78 is 44.6. The SMILES string of the molecule is Cc1ccc(Oc2ccc(CN)cc2C(F)(F)F)c(Cl)c1. The van der Waals surface area contributed by atoms with Gasteiger partial charge in [0.15, 0.2) is 0 Å². The Bertz CT molecular complexity index is 656. The minimum absolute atomic E-state index is 0.0225. The van der Waals surface area contributed by atoms with Gasteiger partial charge in [0.05, 0.1) is 10.6 Å². The van der Waals surface area contributed by atoms with Gasteiger partial charge in [-0.3, -0.25) is 0 Å². The number of benzene rings is 2. The number of hydrogen-bond acceptors (Lipinski definition) is 2. The molecule has 0 atom stereocenters. The van der Waals surface area contributed by atoms with Crippen LogP contribution in [0.5, 0.6) is 11.5 Å². The fourth-order valence-corrected chi connectivity index (χ4v) is 2.10. The van der Waals surface area contributed by atoms with Gasteiger partial charge in [-0.2, -0.15) is 13.2 Å². The van der Waals surface area contributed by atoms with Crippen LogP contribution in [0.25, 0.3) is 0 Å². The van der Waals surface area contributed by atoms with Crippen LogP contribution in [0, 0.1) is 6.92 Å². The van der Waals surface area contributed by atoms with Crippen molar-refractivity contribution in [3.05, 3.63) is 58.1 Å². The van der Waals surface area contributed by atoms with E-state index in [0.717, 1.165) is 11.6 Å². The molecule has 0 amide bonds. The van der Waals surface area contributed by atoms with Crippen molar-refractivity contribution < 1.29 is 17.9 Å². The molecular weight excluding hydrogens is 303 g/mol. The lowest BCUT2D eigenvalue weighted by atomic mass is 10.1. The average molecular weight is 316 g/mol. The first-order valence-electron chi connectivity index (χ1n) is 6.15. The predicted molar refractivity (Wildman–Crippen MR) is 75.6 cm³/mol. The topological polar surface area (TPSA) is 35.2 Å². The molecule has 0 aliphatic rings. The van der Waals surface area contributed by atoms with Crippen LogP contribution in [-0.2, 0) is 12.7 Å². The van der Waals surface area contributed by atoms with Crippen molar-refractivity contribution in [1.82, 2.24) is 0 Å². The maximum absolute atomic E-state index is 13.1. The molecule has 2 aromatic rings. The summed E-state index contributed by atoms with van der Waals surface area (Å²) in [7, 11) is 0. The molecule has 0 saturated carbocycles. The summed E-state index contributed by atoms with van der Waals surface area (Å²) in [5.41, 5.74) is 5.77. The summed E-state index contributed by atoms with van der Waals surface area (Å²) in [5.74, 6) is -0.126. The van der Waals surface area contributed by atoms with Crippen molar-refractivity contribution in [1.29, 1.82) is 0 Å². The fraction of sp³-hybridized carbons (Fsp3) is 0.200. The molecule has 0 unspecified atom stereocenters. The highest BCUT2D eigenvalue weighted by molar-refractivity contribution is 6.32. The molecule has 0 aromatic heterocycles. The summed E-state index contributed by atoms with van der Waals surface area (Å²) in [6, 6.07) is 8.60. The number of ether oxygens (including phenoxy) is 1. The summed E-state index contributed by atoms with van der Waals surface area (Å²) >= 11 is 5.98. The third kappa shape index (κ3) is 3.68. The lowest BCUT2D eigenvalue weighted by Gasteiger charge is -2.15. The number of alkyl halides is 3. The second kappa shape index (κ2) is 5.95. The number of halogens is 4. The first-order chi connectivity index (χ1) is 9.81. The van der Waals surface area contributed by atoms with Crippen molar-refractivity contribution in [2.45, 2.75) is 19.6 Å². The molecule has 0 aliphatic heterocycles. The first-order valence-corrected chi connectivity index (χ1v) is 6.53. The molecule has 0 fully saturated rings. The third-order valence-electron chi connectivity index (χ3n) is 2.89. The third-order valence-corrected chi connectivity index (χ3v) is 3.19. The van der Waals surface area contributed by atoms with E-state index in [1.807, 2.05) is 6.92 Å². The van der Waals surface area contributed by atoms with E-state index in [0.29, 0.717) is 5.56 Å². The minimum atomic E-state index is -4.53. The van der Waals surface area contributed by atoms with E-state index in [-0.39, 0.29) is 23.1 Å². The van der Waals surface area contributed by atoms with Crippen LogP contribution >= 0.6 is 11.6 Å². The van der Waals surface area contributed by atoms with Gasteiger partial charge in [-0.25, -0.2) is 0 Å².